The standard InChI is InChI=1S/C11H13NO2/c1-8(13)12-10-5-4-9-3-2-6-14-11(9)7-10/h4-5,7H,2-3,6H2,1H3,(H,12,13). The Labute approximate surface area is 83.1 Å². The average molecular weight is 191 g/mol. The molecule has 1 amide bonds. The molecule has 0 atom stereocenters. The topological polar surface area (TPSA) is 38.3 Å². The van der Waals surface area contributed by atoms with Gasteiger partial charge in [-0.2, -0.15) is 0 Å². The number of amides is 1. The first-order chi connectivity index (χ1) is 6.75. The average Bonchev–Trinajstić information content (AvgIpc) is 2.17. The van der Waals surface area contributed by atoms with Crippen LogP contribution in [0.1, 0.15) is 18.9 Å². The molecule has 0 aromatic heterocycles. The third-order valence-corrected chi connectivity index (χ3v) is 2.24. The Hall–Kier alpha value is -1.51. The van der Waals surface area contributed by atoms with Crippen LogP contribution in [0, 0.1) is 0 Å². The number of benzene rings is 1. The lowest BCUT2D eigenvalue weighted by atomic mass is 10.1. The van der Waals surface area contributed by atoms with Gasteiger partial charge >= 0.3 is 0 Å². The molecule has 0 bridgehead atoms. The highest BCUT2D eigenvalue weighted by Gasteiger charge is 2.10. The zero-order valence-electron chi connectivity index (χ0n) is 8.17. The van der Waals surface area contributed by atoms with Crippen LogP contribution in [0.4, 0.5) is 5.69 Å². The normalized spacial score (nSPS) is 14.1. The van der Waals surface area contributed by atoms with E-state index in [2.05, 4.69) is 5.32 Å². The lowest BCUT2D eigenvalue weighted by Gasteiger charge is -2.17. The van der Waals surface area contributed by atoms with E-state index >= 15 is 0 Å². The van der Waals surface area contributed by atoms with Gasteiger partial charge in [0.25, 0.3) is 0 Å². The molecule has 1 N–H and O–H groups in total. The van der Waals surface area contributed by atoms with Crippen LogP contribution in [0.2, 0.25) is 0 Å². The first-order valence-electron chi connectivity index (χ1n) is 4.79. The second-order valence-electron chi connectivity index (χ2n) is 3.46. The Morgan fingerprint density at radius 2 is 2.36 bits per heavy atom. The van der Waals surface area contributed by atoms with Crippen LogP contribution in [0.5, 0.6) is 5.75 Å². The quantitative estimate of drug-likeness (QED) is 0.737. The number of carbonyl (C=O) groups excluding carboxylic acids is 1. The van der Waals surface area contributed by atoms with Crippen LogP contribution in [-0.2, 0) is 11.2 Å². The number of anilines is 1. The summed E-state index contributed by atoms with van der Waals surface area (Å²) < 4.78 is 5.49. The molecule has 1 heterocycles. The van der Waals surface area contributed by atoms with Crippen LogP contribution in [0.3, 0.4) is 0 Å². The van der Waals surface area contributed by atoms with Crippen molar-refractivity contribution in [2.45, 2.75) is 19.8 Å². The fourth-order valence-corrected chi connectivity index (χ4v) is 1.62. The molecule has 0 spiro atoms. The van der Waals surface area contributed by atoms with E-state index in [4.69, 9.17) is 4.74 Å². The number of nitrogens with one attached hydrogen (secondary N) is 1. The molecule has 1 aromatic carbocycles. The summed E-state index contributed by atoms with van der Waals surface area (Å²) in [5.74, 6) is 0.850. The molecule has 0 unspecified atom stereocenters. The number of ether oxygens (including phenoxy) is 1. The van der Waals surface area contributed by atoms with E-state index in [1.54, 1.807) is 0 Å². The molecule has 1 aliphatic rings. The molecule has 0 saturated heterocycles. The highest BCUT2D eigenvalue weighted by atomic mass is 16.5. The lowest BCUT2D eigenvalue weighted by molar-refractivity contribution is -0.114. The minimum absolute atomic E-state index is 0.0549. The van der Waals surface area contributed by atoms with Crippen LogP contribution < -0.4 is 10.1 Å². The number of fused-ring (bicyclic) bond motifs is 1. The fraction of sp³-hybridized carbons (Fsp3) is 0.364. The Bertz CT molecular complexity index is 360. The zero-order valence-corrected chi connectivity index (χ0v) is 8.17. The molecule has 3 heteroatoms. The number of carbonyl (C=O) groups is 1. The number of hydrogen-bond acceptors (Lipinski definition) is 2. The van der Waals surface area contributed by atoms with Crippen LogP contribution >= 0.6 is 0 Å². The van der Waals surface area contributed by atoms with E-state index in [-0.39, 0.29) is 5.91 Å². The molecule has 74 valence electrons. The summed E-state index contributed by atoms with van der Waals surface area (Å²) in [6.07, 6.45) is 2.14. The molecular weight excluding hydrogens is 178 g/mol. The highest BCUT2D eigenvalue weighted by Crippen LogP contribution is 2.27. The van der Waals surface area contributed by atoms with Gasteiger partial charge in [-0.25, -0.2) is 0 Å². The van der Waals surface area contributed by atoms with Crippen LogP contribution in [0.25, 0.3) is 0 Å². The van der Waals surface area contributed by atoms with Crippen molar-refractivity contribution in [2.24, 2.45) is 0 Å². The first kappa shape index (κ1) is 9.06. The summed E-state index contributed by atoms with van der Waals surface area (Å²) in [6.45, 7) is 2.27. The molecule has 0 aliphatic carbocycles. The smallest absolute Gasteiger partial charge is 0.221 e. The lowest BCUT2D eigenvalue weighted by Crippen LogP contribution is -2.10. The van der Waals surface area contributed by atoms with E-state index < -0.39 is 0 Å². The minimum Gasteiger partial charge on any atom is -0.493 e. The third kappa shape index (κ3) is 1.87. The summed E-state index contributed by atoms with van der Waals surface area (Å²) in [4.78, 5) is 10.8. The van der Waals surface area contributed by atoms with Crippen LogP contribution in [0.15, 0.2) is 18.2 Å². The maximum atomic E-state index is 10.8. The number of rotatable bonds is 1. The molecule has 0 fully saturated rings. The molecular formula is C11H13NO2. The molecule has 14 heavy (non-hydrogen) atoms. The summed E-state index contributed by atoms with van der Waals surface area (Å²) in [7, 11) is 0. The van der Waals surface area contributed by atoms with Gasteiger partial charge in [-0.3, -0.25) is 4.79 Å². The van der Waals surface area contributed by atoms with Crippen molar-refractivity contribution in [3.8, 4) is 5.75 Å². The van der Waals surface area contributed by atoms with Gasteiger partial charge in [-0.15, -0.1) is 0 Å². The predicted molar refractivity (Wildman–Crippen MR) is 54.6 cm³/mol. The molecule has 0 saturated carbocycles. The van der Waals surface area contributed by atoms with Gasteiger partial charge in [0.2, 0.25) is 5.91 Å². The van der Waals surface area contributed by atoms with Crippen molar-refractivity contribution in [1.29, 1.82) is 0 Å². The van der Waals surface area contributed by atoms with Gasteiger partial charge in [-0.05, 0) is 24.5 Å². The van der Waals surface area contributed by atoms with Gasteiger partial charge < -0.3 is 10.1 Å². The van der Waals surface area contributed by atoms with Crippen molar-refractivity contribution in [1.82, 2.24) is 0 Å². The van der Waals surface area contributed by atoms with Crippen molar-refractivity contribution < 1.29 is 9.53 Å². The summed E-state index contributed by atoms with van der Waals surface area (Å²) in [5.41, 5.74) is 2.03. The minimum atomic E-state index is -0.0549. The predicted octanol–water partition coefficient (Wildman–Crippen LogP) is 1.97. The van der Waals surface area contributed by atoms with Crippen molar-refractivity contribution in [2.75, 3.05) is 11.9 Å². The Balaban J connectivity index is 2.24. The number of aryl methyl sites for hydroxylation is 1. The van der Waals surface area contributed by atoms with E-state index in [9.17, 15) is 4.79 Å². The second kappa shape index (κ2) is 3.70. The SMILES string of the molecule is CC(=O)Nc1ccc2c(c1)OCCC2. The van der Waals surface area contributed by atoms with E-state index in [0.717, 1.165) is 30.9 Å². The molecule has 1 aromatic rings. The largest absolute Gasteiger partial charge is 0.493 e. The fourth-order valence-electron chi connectivity index (χ4n) is 1.62. The summed E-state index contributed by atoms with van der Waals surface area (Å²) in [6, 6.07) is 5.81. The molecule has 3 nitrogen and oxygen atoms in total. The third-order valence-electron chi connectivity index (χ3n) is 2.24. The van der Waals surface area contributed by atoms with E-state index in [1.807, 2.05) is 18.2 Å². The summed E-state index contributed by atoms with van der Waals surface area (Å²) >= 11 is 0. The Morgan fingerprint density at radius 1 is 1.50 bits per heavy atom. The van der Waals surface area contributed by atoms with Gasteiger partial charge in [0, 0.05) is 18.7 Å². The first-order valence-corrected chi connectivity index (χ1v) is 4.79. The van der Waals surface area contributed by atoms with Gasteiger partial charge in [0.05, 0.1) is 6.61 Å². The van der Waals surface area contributed by atoms with Gasteiger partial charge in [0.1, 0.15) is 5.75 Å². The Kier molecular flexibility index (Phi) is 2.39. The summed E-state index contributed by atoms with van der Waals surface area (Å²) in [5, 5.41) is 2.74. The zero-order chi connectivity index (χ0) is 9.97. The van der Waals surface area contributed by atoms with Gasteiger partial charge in [-0.1, -0.05) is 6.07 Å². The highest BCUT2D eigenvalue weighted by molar-refractivity contribution is 5.88. The van der Waals surface area contributed by atoms with Gasteiger partial charge in [0.15, 0.2) is 0 Å². The van der Waals surface area contributed by atoms with Crippen molar-refractivity contribution >= 4 is 11.6 Å². The monoisotopic (exact) mass is 191 g/mol. The van der Waals surface area contributed by atoms with Crippen LogP contribution in [-0.4, -0.2) is 12.5 Å². The maximum absolute atomic E-state index is 10.8. The number of hydrogen-bond donors (Lipinski definition) is 1. The maximum Gasteiger partial charge on any atom is 0.221 e. The molecule has 1 aliphatic heterocycles. The molecule has 0 radical (unpaired) electrons. The van der Waals surface area contributed by atoms with E-state index in [0.29, 0.717) is 0 Å². The Morgan fingerprint density at radius 3 is 3.14 bits per heavy atom. The molecule has 2 rings (SSSR count). The second-order valence-corrected chi connectivity index (χ2v) is 3.46. The van der Waals surface area contributed by atoms with Crippen molar-refractivity contribution in [3.05, 3.63) is 23.8 Å². The van der Waals surface area contributed by atoms with Crippen molar-refractivity contribution in [3.63, 3.8) is 0 Å². The van der Waals surface area contributed by atoms with E-state index in [1.165, 1.54) is 12.5 Å².